The van der Waals surface area contributed by atoms with Crippen LogP contribution in [0.5, 0.6) is 5.75 Å². The standard InChI is InChI=1S/C21H30N2O2/c1-15-3-4-16(2)19(13-15)25-17-5-11-23(12-6-17)20(24)18-14-21(18)7-9-22-10-8-21/h3-4,13,17-18,22H,5-12,14H2,1-2H3. The first kappa shape index (κ1) is 16.9. The van der Waals surface area contributed by atoms with Crippen molar-refractivity contribution < 1.29 is 9.53 Å². The van der Waals surface area contributed by atoms with Gasteiger partial charge < -0.3 is 15.0 Å². The number of nitrogens with one attached hydrogen (secondary N) is 1. The normalized spacial score (nSPS) is 25.8. The van der Waals surface area contributed by atoms with Gasteiger partial charge in [-0.3, -0.25) is 4.79 Å². The summed E-state index contributed by atoms with van der Waals surface area (Å²) in [5.74, 6) is 1.71. The van der Waals surface area contributed by atoms with Crippen molar-refractivity contribution in [2.75, 3.05) is 26.2 Å². The number of ether oxygens (including phenoxy) is 1. The molecule has 2 heterocycles. The highest BCUT2D eigenvalue weighted by molar-refractivity contribution is 5.82. The summed E-state index contributed by atoms with van der Waals surface area (Å²) in [6, 6.07) is 6.36. The van der Waals surface area contributed by atoms with Crippen molar-refractivity contribution in [1.29, 1.82) is 0 Å². The lowest BCUT2D eigenvalue weighted by Crippen LogP contribution is -2.43. The van der Waals surface area contributed by atoms with Crippen molar-refractivity contribution in [3.8, 4) is 5.75 Å². The molecule has 1 atom stereocenters. The van der Waals surface area contributed by atoms with Gasteiger partial charge in [-0.25, -0.2) is 0 Å². The van der Waals surface area contributed by atoms with Crippen LogP contribution in [0.25, 0.3) is 0 Å². The minimum Gasteiger partial charge on any atom is -0.490 e. The molecule has 3 aliphatic rings. The summed E-state index contributed by atoms with van der Waals surface area (Å²) in [4.78, 5) is 15.0. The zero-order valence-corrected chi connectivity index (χ0v) is 15.5. The summed E-state index contributed by atoms with van der Waals surface area (Å²) < 4.78 is 6.23. The molecule has 1 aromatic rings. The van der Waals surface area contributed by atoms with Gasteiger partial charge in [-0.05, 0) is 68.8 Å². The van der Waals surface area contributed by atoms with Gasteiger partial charge in [0.05, 0.1) is 0 Å². The van der Waals surface area contributed by atoms with Crippen molar-refractivity contribution >= 4 is 5.91 Å². The van der Waals surface area contributed by atoms with Gasteiger partial charge >= 0.3 is 0 Å². The maximum absolute atomic E-state index is 12.9. The number of benzene rings is 1. The van der Waals surface area contributed by atoms with E-state index in [9.17, 15) is 4.79 Å². The van der Waals surface area contributed by atoms with Crippen molar-refractivity contribution in [2.24, 2.45) is 11.3 Å². The zero-order chi connectivity index (χ0) is 17.4. The van der Waals surface area contributed by atoms with Gasteiger partial charge in [0.25, 0.3) is 0 Å². The summed E-state index contributed by atoms with van der Waals surface area (Å²) in [5, 5.41) is 3.42. The molecule has 25 heavy (non-hydrogen) atoms. The number of aryl methyl sites for hydroxylation is 2. The van der Waals surface area contributed by atoms with Crippen molar-refractivity contribution in [1.82, 2.24) is 10.2 Å². The first-order chi connectivity index (χ1) is 12.1. The minimum atomic E-state index is 0.233. The zero-order valence-electron chi connectivity index (χ0n) is 15.5. The van der Waals surface area contributed by atoms with Crippen molar-refractivity contribution in [3.05, 3.63) is 29.3 Å². The van der Waals surface area contributed by atoms with E-state index in [2.05, 4.69) is 42.3 Å². The highest BCUT2D eigenvalue weighted by Crippen LogP contribution is 2.59. The number of likely N-dealkylation sites (tertiary alicyclic amines) is 1. The molecule has 1 aromatic carbocycles. The van der Waals surface area contributed by atoms with Crippen LogP contribution in [-0.2, 0) is 4.79 Å². The number of carbonyl (C=O) groups excluding carboxylic acids is 1. The Balaban J connectivity index is 1.30. The van der Waals surface area contributed by atoms with E-state index >= 15 is 0 Å². The molecule has 3 fully saturated rings. The molecule has 2 aliphatic heterocycles. The maximum Gasteiger partial charge on any atom is 0.226 e. The molecule has 1 N–H and O–H groups in total. The van der Waals surface area contributed by atoms with Gasteiger partial charge in [-0.15, -0.1) is 0 Å². The summed E-state index contributed by atoms with van der Waals surface area (Å²) >= 11 is 0. The average molecular weight is 342 g/mol. The van der Waals surface area contributed by atoms with Crippen molar-refractivity contribution in [3.63, 3.8) is 0 Å². The Kier molecular flexibility index (Phi) is 4.48. The van der Waals surface area contributed by atoms with Crippen LogP contribution in [-0.4, -0.2) is 43.1 Å². The molecule has 1 amide bonds. The van der Waals surface area contributed by atoms with Crippen LogP contribution >= 0.6 is 0 Å². The molecular formula is C21H30N2O2. The van der Waals surface area contributed by atoms with Gasteiger partial charge in [0.15, 0.2) is 0 Å². The van der Waals surface area contributed by atoms with E-state index in [0.29, 0.717) is 17.2 Å². The Morgan fingerprint density at radius 3 is 2.64 bits per heavy atom. The Hall–Kier alpha value is -1.55. The summed E-state index contributed by atoms with van der Waals surface area (Å²) in [7, 11) is 0. The second-order valence-corrected chi connectivity index (χ2v) is 8.28. The maximum atomic E-state index is 12.9. The van der Waals surface area contributed by atoms with Crippen LogP contribution in [0.4, 0.5) is 0 Å². The Bertz CT molecular complexity index is 643. The van der Waals surface area contributed by atoms with Crippen LogP contribution < -0.4 is 10.1 Å². The minimum absolute atomic E-state index is 0.233. The quantitative estimate of drug-likeness (QED) is 0.918. The molecule has 1 unspecified atom stereocenters. The van der Waals surface area contributed by atoms with Gasteiger partial charge in [0.2, 0.25) is 5.91 Å². The lowest BCUT2D eigenvalue weighted by atomic mass is 9.91. The molecule has 1 spiro atoms. The summed E-state index contributed by atoms with van der Waals surface area (Å²) in [6.07, 6.45) is 5.59. The molecule has 4 nitrogen and oxygen atoms in total. The van der Waals surface area contributed by atoms with Gasteiger partial charge in [-0.1, -0.05) is 12.1 Å². The third-order valence-corrected chi connectivity index (χ3v) is 6.48. The van der Waals surface area contributed by atoms with E-state index in [1.165, 1.54) is 24.0 Å². The molecule has 136 valence electrons. The Morgan fingerprint density at radius 2 is 1.92 bits per heavy atom. The smallest absolute Gasteiger partial charge is 0.226 e. The number of rotatable bonds is 3. The van der Waals surface area contributed by atoms with Crippen LogP contribution in [0.2, 0.25) is 0 Å². The second kappa shape index (κ2) is 6.64. The first-order valence-electron chi connectivity index (χ1n) is 9.81. The molecule has 4 rings (SSSR count). The lowest BCUT2D eigenvalue weighted by molar-refractivity contribution is -0.135. The topological polar surface area (TPSA) is 41.6 Å². The predicted octanol–water partition coefficient (Wildman–Crippen LogP) is 3.06. The number of piperidine rings is 2. The van der Waals surface area contributed by atoms with E-state index < -0.39 is 0 Å². The number of hydrogen-bond acceptors (Lipinski definition) is 3. The van der Waals surface area contributed by atoms with E-state index in [4.69, 9.17) is 4.74 Å². The molecular weight excluding hydrogens is 312 g/mol. The highest BCUT2D eigenvalue weighted by atomic mass is 16.5. The van der Waals surface area contributed by atoms with Gasteiger partial charge in [-0.2, -0.15) is 0 Å². The summed E-state index contributed by atoms with van der Waals surface area (Å²) in [5.41, 5.74) is 2.76. The third kappa shape index (κ3) is 3.41. The fourth-order valence-corrected chi connectivity index (χ4v) is 4.60. The summed E-state index contributed by atoms with van der Waals surface area (Å²) in [6.45, 7) is 8.04. The number of hydrogen-bond donors (Lipinski definition) is 1. The fraction of sp³-hybridized carbons (Fsp3) is 0.667. The number of carbonyl (C=O) groups is 1. The number of amides is 1. The largest absolute Gasteiger partial charge is 0.490 e. The first-order valence-corrected chi connectivity index (χ1v) is 9.81. The third-order valence-electron chi connectivity index (χ3n) is 6.48. The Labute approximate surface area is 150 Å². The van der Waals surface area contributed by atoms with Crippen LogP contribution in [0.15, 0.2) is 18.2 Å². The van der Waals surface area contributed by atoms with Gasteiger partial charge in [0, 0.05) is 31.8 Å². The molecule has 0 radical (unpaired) electrons. The van der Waals surface area contributed by atoms with E-state index in [1.54, 1.807) is 0 Å². The molecule has 0 aromatic heterocycles. The van der Waals surface area contributed by atoms with E-state index in [1.807, 2.05) is 0 Å². The average Bonchev–Trinajstić information content (AvgIpc) is 3.31. The molecule has 1 saturated carbocycles. The monoisotopic (exact) mass is 342 g/mol. The number of nitrogens with zero attached hydrogens (tertiary/aromatic N) is 1. The van der Waals surface area contributed by atoms with E-state index in [-0.39, 0.29) is 6.10 Å². The Morgan fingerprint density at radius 1 is 1.20 bits per heavy atom. The lowest BCUT2D eigenvalue weighted by Gasteiger charge is -2.33. The fourth-order valence-electron chi connectivity index (χ4n) is 4.60. The molecule has 4 heteroatoms. The van der Waals surface area contributed by atoms with Crippen LogP contribution in [0.1, 0.15) is 43.2 Å². The van der Waals surface area contributed by atoms with E-state index in [0.717, 1.165) is 51.2 Å². The van der Waals surface area contributed by atoms with Crippen molar-refractivity contribution in [2.45, 2.75) is 52.1 Å². The second-order valence-electron chi connectivity index (χ2n) is 8.28. The predicted molar refractivity (Wildman–Crippen MR) is 98.8 cm³/mol. The van der Waals surface area contributed by atoms with Crippen LogP contribution in [0.3, 0.4) is 0 Å². The molecule has 2 saturated heterocycles. The molecule has 1 aliphatic carbocycles. The molecule has 0 bridgehead atoms. The van der Waals surface area contributed by atoms with Gasteiger partial charge in [0.1, 0.15) is 11.9 Å². The highest BCUT2D eigenvalue weighted by Gasteiger charge is 2.58. The SMILES string of the molecule is Cc1ccc(C)c(OC2CCN(C(=O)C3CC34CCNCC4)CC2)c1. The van der Waals surface area contributed by atoms with Crippen LogP contribution in [0, 0.1) is 25.2 Å².